The third-order valence-electron chi connectivity index (χ3n) is 3.35. The lowest BCUT2D eigenvalue weighted by atomic mass is 10.2. The lowest BCUT2D eigenvalue weighted by Crippen LogP contribution is -2.33. The fourth-order valence-electron chi connectivity index (χ4n) is 2.33. The topological polar surface area (TPSA) is 77.3 Å². The van der Waals surface area contributed by atoms with E-state index in [-0.39, 0.29) is 12.3 Å². The van der Waals surface area contributed by atoms with E-state index in [9.17, 15) is 17.2 Å². The Morgan fingerprint density at radius 2 is 1.85 bits per heavy atom. The van der Waals surface area contributed by atoms with Crippen molar-refractivity contribution < 1.29 is 21.4 Å². The van der Waals surface area contributed by atoms with Crippen LogP contribution in [-0.4, -0.2) is 60.9 Å². The Morgan fingerprint density at radius 3 is 2.27 bits per heavy atom. The molecular weight excluding hydrogens is 386 g/mol. The molecule has 0 amide bonds. The predicted molar refractivity (Wildman–Crippen MR) is 97.3 cm³/mol. The van der Waals surface area contributed by atoms with Crippen molar-refractivity contribution in [1.29, 1.82) is 0 Å². The first-order chi connectivity index (χ1) is 12.3. The lowest BCUT2D eigenvalue weighted by molar-refractivity contribution is 0.342. The molecule has 1 aromatic carbocycles. The molecule has 1 aliphatic heterocycles. The first kappa shape index (κ1) is 20.6. The molecule has 1 aliphatic rings. The van der Waals surface area contributed by atoms with Crippen molar-refractivity contribution in [2.45, 2.75) is 6.92 Å². The van der Waals surface area contributed by atoms with Crippen LogP contribution in [0.4, 0.5) is 14.5 Å². The maximum absolute atomic E-state index is 14.1. The second-order valence-electron chi connectivity index (χ2n) is 5.32. The Bertz CT molecular complexity index is 787. The summed E-state index contributed by atoms with van der Waals surface area (Å²) in [6.45, 7) is 3.18. The van der Waals surface area contributed by atoms with E-state index in [1.807, 2.05) is 0 Å². The number of hydrogen-bond donors (Lipinski definition) is 0. The number of rotatable bonds is 4. The number of nitrogens with zero attached hydrogens (tertiary/aromatic N) is 4. The summed E-state index contributed by atoms with van der Waals surface area (Å²) in [7, 11) is -3.17. The van der Waals surface area contributed by atoms with E-state index in [1.165, 1.54) is 23.0 Å². The first-order valence-electron chi connectivity index (χ1n) is 7.84. The summed E-state index contributed by atoms with van der Waals surface area (Å²) in [5.41, 5.74) is 0.395. The van der Waals surface area contributed by atoms with Crippen molar-refractivity contribution in [1.82, 2.24) is 15.0 Å². The minimum absolute atomic E-state index is 0.0594. The van der Waals surface area contributed by atoms with Crippen molar-refractivity contribution in [3.8, 4) is 5.69 Å². The Kier molecular flexibility index (Phi) is 7.35. The van der Waals surface area contributed by atoms with Gasteiger partial charge in [-0.05, 0) is 6.92 Å². The van der Waals surface area contributed by atoms with Crippen LogP contribution in [0.25, 0.3) is 5.69 Å². The van der Waals surface area contributed by atoms with Crippen molar-refractivity contribution in [3.63, 3.8) is 0 Å². The average molecular weight is 406 g/mol. The maximum Gasteiger partial charge on any atom is 0.264 e. The van der Waals surface area contributed by atoms with Gasteiger partial charge in [-0.3, -0.25) is 4.18 Å². The van der Waals surface area contributed by atoms with Gasteiger partial charge in [0, 0.05) is 36.7 Å². The summed E-state index contributed by atoms with van der Waals surface area (Å²) in [5.74, 6) is 0.669. The zero-order chi connectivity index (χ0) is 19.2. The quantitative estimate of drug-likeness (QED) is 0.720. The molecule has 0 unspecified atom stereocenters. The highest BCUT2D eigenvalue weighted by molar-refractivity contribution is 7.99. The van der Waals surface area contributed by atoms with Gasteiger partial charge in [0.15, 0.2) is 11.6 Å². The Hall–Kier alpha value is -1.72. The minimum atomic E-state index is -3.17. The van der Waals surface area contributed by atoms with Gasteiger partial charge in [-0.1, -0.05) is 5.21 Å². The third kappa shape index (κ3) is 5.92. The van der Waals surface area contributed by atoms with Gasteiger partial charge in [0.05, 0.1) is 30.9 Å². The van der Waals surface area contributed by atoms with E-state index in [4.69, 9.17) is 0 Å². The molecule has 2 heterocycles. The normalized spacial score (nSPS) is 14.7. The van der Waals surface area contributed by atoms with Crippen LogP contribution in [0.2, 0.25) is 0 Å². The highest BCUT2D eigenvalue weighted by Gasteiger charge is 2.20. The van der Waals surface area contributed by atoms with Crippen molar-refractivity contribution >= 4 is 27.6 Å². The number of benzene rings is 1. The largest absolute Gasteiger partial charge is 0.365 e. The molecule has 7 nitrogen and oxygen atoms in total. The van der Waals surface area contributed by atoms with Crippen LogP contribution in [0.5, 0.6) is 0 Å². The molecule has 11 heteroatoms. The molecule has 3 rings (SSSR count). The van der Waals surface area contributed by atoms with Crippen LogP contribution in [0, 0.1) is 11.6 Å². The van der Waals surface area contributed by atoms with Gasteiger partial charge in [0.25, 0.3) is 10.1 Å². The number of hydrogen-bond acceptors (Lipinski definition) is 7. The number of halogens is 2. The molecule has 0 bridgehead atoms. The molecule has 1 saturated heterocycles. The van der Waals surface area contributed by atoms with Crippen LogP contribution in [-0.2, 0) is 14.3 Å². The molecule has 26 heavy (non-hydrogen) atoms. The van der Waals surface area contributed by atoms with Crippen LogP contribution in [0.1, 0.15) is 6.92 Å². The number of thioether (sulfide) groups is 1. The van der Waals surface area contributed by atoms with Gasteiger partial charge in [0.1, 0.15) is 5.69 Å². The van der Waals surface area contributed by atoms with Crippen molar-refractivity contribution in [2.24, 2.45) is 0 Å². The van der Waals surface area contributed by atoms with E-state index in [0.29, 0.717) is 18.8 Å². The molecule has 0 saturated carbocycles. The highest BCUT2D eigenvalue weighted by atomic mass is 32.2. The first-order valence-corrected chi connectivity index (χ1v) is 10.8. The number of aromatic nitrogens is 3. The van der Waals surface area contributed by atoms with E-state index in [0.717, 1.165) is 17.8 Å². The SMILES string of the molecule is CCOS(C)(=O)=O.Fc1cc(-n2ccnn2)cc(F)c1N1CCSCC1. The van der Waals surface area contributed by atoms with E-state index in [2.05, 4.69) is 14.5 Å². The van der Waals surface area contributed by atoms with Gasteiger partial charge in [0.2, 0.25) is 0 Å². The summed E-state index contributed by atoms with van der Waals surface area (Å²) >= 11 is 1.80. The summed E-state index contributed by atoms with van der Waals surface area (Å²) < 4.78 is 53.8. The highest BCUT2D eigenvalue weighted by Crippen LogP contribution is 2.28. The predicted octanol–water partition coefficient (Wildman–Crippen LogP) is 2.08. The Labute approximate surface area is 155 Å². The van der Waals surface area contributed by atoms with E-state index < -0.39 is 21.8 Å². The molecule has 0 N–H and O–H groups in total. The molecule has 1 aromatic heterocycles. The minimum Gasteiger partial charge on any atom is -0.365 e. The molecular formula is C15H20F2N4O3S2. The lowest BCUT2D eigenvalue weighted by Gasteiger charge is -2.29. The summed E-state index contributed by atoms with van der Waals surface area (Å²) in [6.07, 6.45) is 4.04. The van der Waals surface area contributed by atoms with Gasteiger partial charge in [-0.25, -0.2) is 13.5 Å². The van der Waals surface area contributed by atoms with E-state index >= 15 is 0 Å². The fraction of sp³-hybridized carbons (Fsp3) is 0.467. The van der Waals surface area contributed by atoms with Crippen LogP contribution in [0.15, 0.2) is 24.5 Å². The number of anilines is 1. The molecule has 0 aliphatic carbocycles. The van der Waals surface area contributed by atoms with Crippen LogP contribution in [0.3, 0.4) is 0 Å². The summed E-state index contributed by atoms with van der Waals surface area (Å²) in [6, 6.07) is 2.57. The zero-order valence-electron chi connectivity index (χ0n) is 14.4. The van der Waals surface area contributed by atoms with Gasteiger partial charge < -0.3 is 4.90 Å². The van der Waals surface area contributed by atoms with Crippen molar-refractivity contribution in [2.75, 3.05) is 42.4 Å². The van der Waals surface area contributed by atoms with Gasteiger partial charge >= 0.3 is 0 Å². The second-order valence-corrected chi connectivity index (χ2v) is 8.18. The smallest absolute Gasteiger partial charge is 0.264 e. The van der Waals surface area contributed by atoms with Crippen LogP contribution >= 0.6 is 11.8 Å². The van der Waals surface area contributed by atoms with Gasteiger partial charge in [-0.15, -0.1) is 5.10 Å². The Morgan fingerprint density at radius 1 is 1.23 bits per heavy atom. The average Bonchev–Trinajstić information content (AvgIpc) is 3.09. The van der Waals surface area contributed by atoms with Crippen LogP contribution < -0.4 is 4.90 Å². The fourth-order valence-corrected chi connectivity index (χ4v) is 3.66. The molecule has 0 spiro atoms. The second kappa shape index (κ2) is 9.28. The third-order valence-corrected chi connectivity index (χ3v) is 4.95. The van der Waals surface area contributed by atoms with E-state index in [1.54, 1.807) is 29.8 Å². The molecule has 0 atom stereocenters. The van der Waals surface area contributed by atoms with Gasteiger partial charge in [-0.2, -0.15) is 20.2 Å². The standard InChI is InChI=1S/C12H12F2N4S.C3H8O3S/c13-10-7-9(18-2-1-15-16-18)8-11(14)12(10)17-3-5-19-6-4-17;1-3-6-7(2,4)5/h1-2,7-8H,3-6H2;3H2,1-2H3. The van der Waals surface area contributed by atoms with Crippen molar-refractivity contribution in [3.05, 3.63) is 36.2 Å². The summed E-state index contributed by atoms with van der Waals surface area (Å²) in [4.78, 5) is 1.76. The molecule has 0 radical (unpaired) electrons. The zero-order valence-corrected chi connectivity index (χ0v) is 16.1. The summed E-state index contributed by atoms with van der Waals surface area (Å²) in [5, 5.41) is 7.35. The monoisotopic (exact) mass is 406 g/mol. The molecule has 1 fully saturated rings. The molecule has 2 aromatic rings. The maximum atomic E-state index is 14.1. The molecule has 144 valence electrons. The Balaban J connectivity index is 0.000000298.